The molecule has 0 rings (SSSR count). The van der Waals surface area contributed by atoms with Gasteiger partial charge in [0.1, 0.15) is 0 Å². The van der Waals surface area contributed by atoms with Crippen LogP contribution >= 0.6 is 0 Å². The van der Waals surface area contributed by atoms with Gasteiger partial charge in [0.2, 0.25) is 0 Å². The molecule has 0 radical (unpaired) electrons. The van der Waals surface area contributed by atoms with Crippen LogP contribution in [0.15, 0.2) is 0 Å². The van der Waals surface area contributed by atoms with Gasteiger partial charge in [-0.05, 0) is 17.8 Å². The zero-order valence-corrected chi connectivity index (χ0v) is 29.4. The Kier molecular flexibility index (Phi) is 33.5. The van der Waals surface area contributed by atoms with Gasteiger partial charge in [-0.25, -0.2) is 0 Å². The minimum Gasteiger partial charge on any atom is -0.0654 e. The van der Waals surface area contributed by atoms with Crippen LogP contribution in [0, 0.1) is 17.8 Å². The summed E-state index contributed by atoms with van der Waals surface area (Å²) in [7, 11) is 0. The normalized spacial score (nSPS) is 14.0. The maximum atomic E-state index is 2.51. The van der Waals surface area contributed by atoms with E-state index in [1.165, 1.54) is 205 Å². The van der Waals surface area contributed by atoms with Crippen molar-refractivity contribution in [3.63, 3.8) is 0 Å². The quantitative estimate of drug-likeness (QED) is 0.0684. The molecule has 0 aliphatic rings. The molecule has 3 unspecified atom stereocenters. The van der Waals surface area contributed by atoms with Crippen molar-refractivity contribution in [1.29, 1.82) is 0 Å². The zero-order chi connectivity index (χ0) is 29.4. The maximum Gasteiger partial charge on any atom is -0.0443 e. The summed E-state index contributed by atoms with van der Waals surface area (Å²) in [5.74, 6) is 2.87. The smallest absolute Gasteiger partial charge is 0.0443 e. The van der Waals surface area contributed by atoms with Crippen LogP contribution in [0.2, 0.25) is 0 Å². The van der Waals surface area contributed by atoms with Gasteiger partial charge in [0, 0.05) is 0 Å². The van der Waals surface area contributed by atoms with Gasteiger partial charge in [-0.1, -0.05) is 240 Å². The highest BCUT2D eigenvalue weighted by molar-refractivity contribution is 4.59. The molecule has 0 saturated heterocycles. The lowest BCUT2D eigenvalue weighted by atomic mass is 9.92. The lowest BCUT2D eigenvalue weighted by Crippen LogP contribution is -1.99. The van der Waals surface area contributed by atoms with Crippen LogP contribution < -0.4 is 0 Å². The third-order valence-corrected chi connectivity index (χ3v) is 9.89. The van der Waals surface area contributed by atoms with Gasteiger partial charge < -0.3 is 0 Å². The van der Waals surface area contributed by atoms with Crippen LogP contribution in [0.3, 0.4) is 0 Å². The van der Waals surface area contributed by atoms with Crippen LogP contribution in [0.1, 0.15) is 240 Å². The summed E-state index contributed by atoms with van der Waals surface area (Å²) in [6, 6.07) is 0. The molecule has 0 nitrogen and oxygen atoms in total. The molecule has 0 aliphatic heterocycles. The molecule has 0 heterocycles. The molecule has 0 saturated carbocycles. The minimum atomic E-state index is 0.953. The topological polar surface area (TPSA) is 0 Å². The Labute approximate surface area is 257 Å². The van der Waals surface area contributed by atoms with Crippen LogP contribution in [-0.4, -0.2) is 0 Å². The van der Waals surface area contributed by atoms with Crippen molar-refractivity contribution in [2.75, 3.05) is 0 Å². The molecule has 0 bridgehead atoms. The Morgan fingerprint density at radius 3 is 0.700 bits per heavy atom. The summed E-state index contributed by atoms with van der Waals surface area (Å²) in [5, 5.41) is 0. The Morgan fingerprint density at radius 1 is 0.225 bits per heavy atom. The van der Waals surface area contributed by atoms with Crippen LogP contribution in [-0.2, 0) is 0 Å². The van der Waals surface area contributed by atoms with Gasteiger partial charge in [0.15, 0.2) is 0 Å². The molecule has 242 valence electrons. The van der Waals surface area contributed by atoms with Crippen molar-refractivity contribution < 1.29 is 0 Å². The van der Waals surface area contributed by atoms with Crippen molar-refractivity contribution in [1.82, 2.24) is 0 Å². The second-order valence-corrected chi connectivity index (χ2v) is 14.5. The van der Waals surface area contributed by atoms with E-state index in [0.29, 0.717) is 0 Å². The molecular formula is C40H82. The summed E-state index contributed by atoms with van der Waals surface area (Å²) in [5.41, 5.74) is 0. The first-order valence-corrected chi connectivity index (χ1v) is 19.6. The van der Waals surface area contributed by atoms with E-state index >= 15 is 0 Å². The molecule has 0 spiro atoms. The molecule has 0 aromatic carbocycles. The first-order chi connectivity index (χ1) is 19.6. The highest BCUT2D eigenvalue weighted by Crippen LogP contribution is 2.22. The van der Waals surface area contributed by atoms with Crippen LogP contribution in [0.5, 0.6) is 0 Å². The van der Waals surface area contributed by atoms with E-state index in [9.17, 15) is 0 Å². The summed E-state index contributed by atoms with van der Waals surface area (Å²) >= 11 is 0. The van der Waals surface area contributed by atoms with Crippen LogP contribution in [0.4, 0.5) is 0 Å². The van der Waals surface area contributed by atoms with Crippen LogP contribution in [0.25, 0.3) is 0 Å². The molecule has 0 aliphatic carbocycles. The highest BCUT2D eigenvalue weighted by Gasteiger charge is 2.06. The molecule has 0 aromatic rings. The largest absolute Gasteiger partial charge is 0.0654 e. The number of hydrogen-bond acceptors (Lipinski definition) is 0. The SMILES string of the molecule is CCCCCCCCCCCCCCC(C)CCCCCCCCCCCCCC(C)CCCC(C)CCCC. The Hall–Kier alpha value is 0. The summed E-state index contributed by atoms with van der Waals surface area (Å²) in [4.78, 5) is 0. The summed E-state index contributed by atoms with van der Waals surface area (Å²) < 4.78 is 0. The molecule has 0 N–H and O–H groups in total. The average Bonchev–Trinajstić information content (AvgIpc) is 2.95. The van der Waals surface area contributed by atoms with Crippen molar-refractivity contribution in [2.24, 2.45) is 17.8 Å². The van der Waals surface area contributed by atoms with E-state index in [2.05, 4.69) is 34.6 Å². The van der Waals surface area contributed by atoms with Gasteiger partial charge in [0.05, 0.1) is 0 Å². The van der Waals surface area contributed by atoms with Gasteiger partial charge in [0.25, 0.3) is 0 Å². The lowest BCUT2D eigenvalue weighted by molar-refractivity contribution is 0.394. The fourth-order valence-electron chi connectivity index (χ4n) is 6.71. The maximum absolute atomic E-state index is 2.51. The summed E-state index contributed by atoms with van der Waals surface area (Å²) in [6.07, 6.45) is 47.0. The molecule has 0 fully saturated rings. The van der Waals surface area contributed by atoms with Crippen molar-refractivity contribution in [3.8, 4) is 0 Å². The van der Waals surface area contributed by atoms with Crippen molar-refractivity contribution >= 4 is 0 Å². The predicted molar refractivity (Wildman–Crippen MR) is 187 cm³/mol. The number of hydrogen-bond donors (Lipinski definition) is 0. The molecule has 40 heavy (non-hydrogen) atoms. The van der Waals surface area contributed by atoms with E-state index in [-0.39, 0.29) is 0 Å². The molecule has 0 heteroatoms. The Bertz CT molecular complexity index is 439. The fraction of sp³-hybridized carbons (Fsp3) is 1.00. The minimum absolute atomic E-state index is 0.953. The van der Waals surface area contributed by atoms with E-state index in [1.54, 1.807) is 0 Å². The molecule has 3 atom stereocenters. The van der Waals surface area contributed by atoms with Gasteiger partial charge in [-0.2, -0.15) is 0 Å². The van der Waals surface area contributed by atoms with Gasteiger partial charge >= 0.3 is 0 Å². The second-order valence-electron chi connectivity index (χ2n) is 14.5. The first kappa shape index (κ1) is 40.0. The first-order valence-electron chi connectivity index (χ1n) is 19.6. The third kappa shape index (κ3) is 32.5. The summed E-state index contributed by atoms with van der Waals surface area (Å²) in [6.45, 7) is 12.1. The van der Waals surface area contributed by atoms with E-state index in [0.717, 1.165) is 17.8 Å². The van der Waals surface area contributed by atoms with E-state index < -0.39 is 0 Å². The Balaban J connectivity index is 3.24. The monoisotopic (exact) mass is 563 g/mol. The molecule has 0 amide bonds. The van der Waals surface area contributed by atoms with E-state index in [1.807, 2.05) is 0 Å². The fourth-order valence-corrected chi connectivity index (χ4v) is 6.71. The molecule has 0 aromatic heterocycles. The van der Waals surface area contributed by atoms with Gasteiger partial charge in [-0.3, -0.25) is 0 Å². The Morgan fingerprint density at radius 2 is 0.425 bits per heavy atom. The lowest BCUT2D eigenvalue weighted by Gasteiger charge is -2.14. The average molecular weight is 563 g/mol. The van der Waals surface area contributed by atoms with E-state index in [4.69, 9.17) is 0 Å². The van der Waals surface area contributed by atoms with Crippen molar-refractivity contribution in [3.05, 3.63) is 0 Å². The number of rotatable bonds is 34. The van der Waals surface area contributed by atoms with Crippen molar-refractivity contribution in [2.45, 2.75) is 240 Å². The second kappa shape index (κ2) is 33.5. The standard InChI is InChI=1S/C40H82/c1-6-8-10-11-12-13-14-16-19-22-25-28-33-39(4)34-29-26-23-20-17-15-18-21-24-27-30-35-40(5)37-31-36-38(3)32-9-7-2/h38-40H,6-37H2,1-5H3. The van der Waals surface area contributed by atoms with Gasteiger partial charge in [-0.15, -0.1) is 0 Å². The molecular weight excluding hydrogens is 480 g/mol. The number of unbranched alkanes of at least 4 members (excludes halogenated alkanes) is 22. The predicted octanol–water partition coefficient (Wildman–Crippen LogP) is 15.4. The third-order valence-electron chi connectivity index (χ3n) is 9.89. The highest BCUT2D eigenvalue weighted by atomic mass is 14.1. The zero-order valence-electron chi connectivity index (χ0n) is 29.4.